The number of carboxylic acid groups (broad SMARTS) is 1. The number of rotatable bonds is 4. The number of amides is 2. The number of carboxylic acids is 1. The van der Waals surface area contributed by atoms with Gasteiger partial charge in [-0.3, -0.25) is 9.78 Å². The van der Waals surface area contributed by atoms with Gasteiger partial charge in [-0.25, -0.2) is 4.79 Å². The van der Waals surface area contributed by atoms with Gasteiger partial charge >= 0.3 is 12.0 Å². The van der Waals surface area contributed by atoms with Crippen molar-refractivity contribution in [1.29, 1.82) is 0 Å². The van der Waals surface area contributed by atoms with E-state index in [0.29, 0.717) is 19.6 Å². The van der Waals surface area contributed by atoms with E-state index < -0.39 is 5.97 Å². The summed E-state index contributed by atoms with van der Waals surface area (Å²) >= 11 is 0. The Balaban J connectivity index is 1.97. The van der Waals surface area contributed by atoms with Crippen molar-refractivity contribution in [2.24, 2.45) is 5.92 Å². The minimum Gasteiger partial charge on any atom is -0.481 e. The molecule has 2 rings (SSSR count). The number of pyridine rings is 1. The number of urea groups is 1. The lowest BCUT2D eigenvalue weighted by atomic mass is 10.0. The molecule has 1 atom stereocenters. The number of carbonyl (C=O) groups is 2. The van der Waals surface area contributed by atoms with E-state index in [0.717, 1.165) is 5.56 Å². The number of hydrogen-bond acceptors (Lipinski definition) is 3. The molecule has 1 aliphatic rings. The minimum atomic E-state index is -0.836. The average molecular weight is 249 g/mol. The lowest BCUT2D eigenvalue weighted by Gasteiger charge is -2.32. The summed E-state index contributed by atoms with van der Waals surface area (Å²) in [5.41, 5.74) is 0.934. The molecule has 1 fully saturated rings. The Morgan fingerprint density at radius 3 is 3.11 bits per heavy atom. The molecule has 0 radical (unpaired) electrons. The Bertz CT molecular complexity index is 435. The number of aliphatic carboxylic acids is 1. The Morgan fingerprint density at radius 2 is 2.44 bits per heavy atom. The molecule has 0 aliphatic carbocycles. The molecule has 2 amide bonds. The van der Waals surface area contributed by atoms with Crippen molar-refractivity contribution in [3.8, 4) is 0 Å². The highest BCUT2D eigenvalue weighted by atomic mass is 16.4. The lowest BCUT2D eigenvalue weighted by molar-refractivity contribution is -0.138. The molecule has 0 aromatic carbocycles. The van der Waals surface area contributed by atoms with Gasteiger partial charge in [0.25, 0.3) is 0 Å². The van der Waals surface area contributed by atoms with Crippen LogP contribution in [0, 0.1) is 5.92 Å². The molecule has 6 nitrogen and oxygen atoms in total. The Hall–Kier alpha value is -2.11. The van der Waals surface area contributed by atoms with E-state index in [-0.39, 0.29) is 18.4 Å². The van der Waals surface area contributed by atoms with E-state index in [9.17, 15) is 9.59 Å². The predicted molar refractivity (Wildman–Crippen MR) is 63.8 cm³/mol. The van der Waals surface area contributed by atoms with Crippen LogP contribution >= 0.6 is 0 Å². The molecule has 1 aromatic heterocycles. The van der Waals surface area contributed by atoms with Crippen LogP contribution in [0.15, 0.2) is 24.5 Å². The van der Waals surface area contributed by atoms with E-state index in [1.54, 1.807) is 17.3 Å². The molecule has 96 valence electrons. The number of carbonyl (C=O) groups excluding carboxylic acids is 1. The third-order valence-corrected chi connectivity index (χ3v) is 2.87. The molecule has 1 unspecified atom stereocenters. The molecule has 0 spiro atoms. The molecule has 2 heterocycles. The Kier molecular flexibility index (Phi) is 3.76. The quantitative estimate of drug-likeness (QED) is 0.822. The highest BCUT2D eigenvalue weighted by molar-refractivity contribution is 5.75. The first kappa shape index (κ1) is 12.3. The molecule has 0 saturated carbocycles. The summed E-state index contributed by atoms with van der Waals surface area (Å²) in [6.45, 7) is 1.34. The number of nitrogens with zero attached hydrogens (tertiary/aromatic N) is 2. The molecule has 6 heteroatoms. The standard InChI is InChI=1S/C12H15N3O3/c16-11(17)4-10-6-14-12(18)15(8-10)7-9-2-1-3-13-5-9/h1-3,5,10H,4,6-8H2,(H,14,18)(H,16,17). The van der Waals surface area contributed by atoms with Crippen LogP contribution < -0.4 is 5.32 Å². The van der Waals surface area contributed by atoms with Crippen molar-refractivity contribution in [3.63, 3.8) is 0 Å². The van der Waals surface area contributed by atoms with E-state index in [4.69, 9.17) is 5.11 Å². The molecule has 0 bridgehead atoms. The highest BCUT2D eigenvalue weighted by Crippen LogP contribution is 2.13. The van der Waals surface area contributed by atoms with Gasteiger partial charge in [0.1, 0.15) is 0 Å². The van der Waals surface area contributed by atoms with Crippen LogP contribution in [-0.4, -0.2) is 40.1 Å². The van der Waals surface area contributed by atoms with Gasteiger partial charge in [-0.2, -0.15) is 0 Å². The van der Waals surface area contributed by atoms with Gasteiger partial charge in [0, 0.05) is 37.9 Å². The lowest BCUT2D eigenvalue weighted by Crippen LogP contribution is -2.50. The summed E-state index contributed by atoms with van der Waals surface area (Å²) in [6.07, 6.45) is 3.45. The summed E-state index contributed by atoms with van der Waals surface area (Å²) in [5, 5.41) is 11.5. The molecular formula is C12H15N3O3. The van der Waals surface area contributed by atoms with Crippen molar-refractivity contribution < 1.29 is 14.7 Å². The van der Waals surface area contributed by atoms with Crippen molar-refractivity contribution in [2.75, 3.05) is 13.1 Å². The topological polar surface area (TPSA) is 82.5 Å². The molecule has 1 saturated heterocycles. The van der Waals surface area contributed by atoms with Crippen LogP contribution in [0.3, 0.4) is 0 Å². The highest BCUT2D eigenvalue weighted by Gasteiger charge is 2.26. The fourth-order valence-electron chi connectivity index (χ4n) is 2.03. The first-order valence-electron chi connectivity index (χ1n) is 5.78. The van der Waals surface area contributed by atoms with Crippen molar-refractivity contribution in [3.05, 3.63) is 30.1 Å². The van der Waals surface area contributed by atoms with Gasteiger partial charge < -0.3 is 15.3 Å². The van der Waals surface area contributed by atoms with Crippen LogP contribution in [0.1, 0.15) is 12.0 Å². The van der Waals surface area contributed by atoms with Crippen LogP contribution in [0.5, 0.6) is 0 Å². The SMILES string of the molecule is O=C(O)CC1CNC(=O)N(Cc2cccnc2)C1. The second-order valence-electron chi connectivity index (χ2n) is 4.39. The van der Waals surface area contributed by atoms with Gasteiger partial charge in [-0.1, -0.05) is 6.07 Å². The second kappa shape index (κ2) is 5.48. The monoisotopic (exact) mass is 249 g/mol. The zero-order valence-electron chi connectivity index (χ0n) is 9.87. The van der Waals surface area contributed by atoms with Gasteiger partial charge in [0.15, 0.2) is 0 Å². The molecular weight excluding hydrogens is 234 g/mol. The third kappa shape index (κ3) is 3.19. The maximum atomic E-state index is 11.7. The summed E-state index contributed by atoms with van der Waals surface area (Å²) < 4.78 is 0. The van der Waals surface area contributed by atoms with Crippen molar-refractivity contribution >= 4 is 12.0 Å². The fraction of sp³-hybridized carbons (Fsp3) is 0.417. The van der Waals surface area contributed by atoms with E-state index in [1.807, 2.05) is 12.1 Å². The Morgan fingerprint density at radius 1 is 1.61 bits per heavy atom. The summed E-state index contributed by atoms with van der Waals surface area (Å²) in [6, 6.07) is 3.55. The molecule has 2 N–H and O–H groups in total. The number of nitrogens with one attached hydrogen (secondary N) is 1. The maximum Gasteiger partial charge on any atom is 0.317 e. The van der Waals surface area contributed by atoms with Gasteiger partial charge in [-0.15, -0.1) is 0 Å². The number of hydrogen-bond donors (Lipinski definition) is 2. The number of aromatic nitrogens is 1. The smallest absolute Gasteiger partial charge is 0.317 e. The van der Waals surface area contributed by atoms with Crippen LogP contribution in [0.4, 0.5) is 4.79 Å². The van der Waals surface area contributed by atoms with Crippen molar-refractivity contribution in [2.45, 2.75) is 13.0 Å². The molecule has 1 aliphatic heterocycles. The van der Waals surface area contributed by atoms with Gasteiger partial charge in [-0.05, 0) is 11.6 Å². The van der Waals surface area contributed by atoms with E-state index >= 15 is 0 Å². The van der Waals surface area contributed by atoms with Crippen LogP contribution in [0.2, 0.25) is 0 Å². The van der Waals surface area contributed by atoms with E-state index in [2.05, 4.69) is 10.3 Å². The third-order valence-electron chi connectivity index (χ3n) is 2.87. The van der Waals surface area contributed by atoms with Gasteiger partial charge in [0.05, 0.1) is 6.42 Å². The summed E-state index contributed by atoms with van der Waals surface area (Å²) in [7, 11) is 0. The average Bonchev–Trinajstić information content (AvgIpc) is 2.34. The molecule has 18 heavy (non-hydrogen) atoms. The Labute approximate surface area is 105 Å². The minimum absolute atomic E-state index is 0.0446. The first-order valence-corrected chi connectivity index (χ1v) is 5.78. The normalized spacial score (nSPS) is 19.4. The van der Waals surface area contributed by atoms with E-state index in [1.165, 1.54) is 0 Å². The summed E-state index contributed by atoms with van der Waals surface area (Å²) in [5.74, 6) is -0.880. The first-order chi connectivity index (χ1) is 8.65. The van der Waals surface area contributed by atoms with Crippen molar-refractivity contribution in [1.82, 2.24) is 15.2 Å². The summed E-state index contributed by atoms with van der Waals surface area (Å²) in [4.78, 5) is 28.0. The van der Waals surface area contributed by atoms with Crippen LogP contribution in [-0.2, 0) is 11.3 Å². The maximum absolute atomic E-state index is 11.7. The fourth-order valence-corrected chi connectivity index (χ4v) is 2.03. The molecule has 1 aromatic rings. The van der Waals surface area contributed by atoms with Crippen LogP contribution in [0.25, 0.3) is 0 Å². The second-order valence-corrected chi connectivity index (χ2v) is 4.39. The largest absolute Gasteiger partial charge is 0.481 e. The predicted octanol–water partition coefficient (Wildman–Crippen LogP) is 0.698. The van der Waals surface area contributed by atoms with Gasteiger partial charge in [0.2, 0.25) is 0 Å². The zero-order chi connectivity index (χ0) is 13.0. The zero-order valence-corrected chi connectivity index (χ0v) is 9.87.